The topological polar surface area (TPSA) is 39.2 Å². The molecule has 5 nitrogen and oxygen atoms in total. The Labute approximate surface area is 235 Å². The molecule has 0 bridgehead atoms. The molecule has 5 rings (SSSR count). The molecule has 1 saturated heterocycles. The molecule has 0 radical (unpaired) electrons. The van der Waals surface area contributed by atoms with Crippen molar-refractivity contribution in [2.75, 3.05) is 37.6 Å². The lowest BCUT2D eigenvalue weighted by Gasteiger charge is -2.39. The van der Waals surface area contributed by atoms with Crippen molar-refractivity contribution in [3.05, 3.63) is 101 Å². The molecule has 3 aromatic carbocycles. The van der Waals surface area contributed by atoms with Gasteiger partial charge >= 0.3 is 6.18 Å². The highest BCUT2D eigenvalue weighted by atomic mass is 19.4. The van der Waals surface area contributed by atoms with Crippen molar-refractivity contribution in [2.24, 2.45) is 4.99 Å². The fraction of sp³-hybridized carbons (Fsp3) is 0.355. The van der Waals surface area contributed by atoms with E-state index >= 15 is 0 Å². The zero-order valence-electron chi connectivity index (χ0n) is 22.8. The van der Waals surface area contributed by atoms with Crippen LogP contribution in [0.4, 0.5) is 27.6 Å². The highest BCUT2D eigenvalue weighted by Gasteiger charge is 2.50. The van der Waals surface area contributed by atoms with Crippen LogP contribution in [0.2, 0.25) is 0 Å². The van der Waals surface area contributed by atoms with Gasteiger partial charge in [-0.2, -0.15) is 13.2 Å². The molecule has 1 atom stereocenters. The summed E-state index contributed by atoms with van der Waals surface area (Å²) in [4.78, 5) is 24.8. The van der Waals surface area contributed by atoms with Crippen molar-refractivity contribution >= 4 is 17.4 Å². The van der Waals surface area contributed by atoms with Crippen LogP contribution < -0.4 is 4.90 Å². The van der Waals surface area contributed by atoms with Crippen LogP contribution in [-0.2, 0) is 16.5 Å². The molecular weight excluding hydrogens is 539 g/mol. The van der Waals surface area contributed by atoms with E-state index in [1.807, 2.05) is 0 Å². The second-order valence-electron chi connectivity index (χ2n) is 10.5. The van der Waals surface area contributed by atoms with Gasteiger partial charge in [0.25, 0.3) is 5.91 Å². The van der Waals surface area contributed by atoms with E-state index in [0.29, 0.717) is 43.0 Å². The van der Waals surface area contributed by atoms with E-state index in [9.17, 15) is 26.7 Å². The maximum atomic E-state index is 14.0. The van der Waals surface area contributed by atoms with Crippen molar-refractivity contribution in [2.45, 2.75) is 38.0 Å². The summed E-state index contributed by atoms with van der Waals surface area (Å²) in [7, 11) is 0. The number of halogens is 5. The number of rotatable bonds is 7. The number of hydrogen-bond donors (Lipinski definition) is 0. The average Bonchev–Trinajstić information content (AvgIpc) is 3.22. The van der Waals surface area contributed by atoms with Gasteiger partial charge in [0.2, 0.25) is 0 Å². The molecule has 1 unspecified atom stereocenters. The summed E-state index contributed by atoms with van der Waals surface area (Å²) in [6.07, 6.45) is -3.69. The molecular formula is C31H31F5N4O. The summed E-state index contributed by atoms with van der Waals surface area (Å²) in [6.45, 7) is 7.09. The van der Waals surface area contributed by atoms with Crippen molar-refractivity contribution in [3.63, 3.8) is 0 Å². The normalized spacial score (nSPS) is 18.5. The van der Waals surface area contributed by atoms with Crippen LogP contribution >= 0.6 is 0 Å². The molecule has 10 heteroatoms. The van der Waals surface area contributed by atoms with E-state index in [4.69, 9.17) is 4.99 Å². The summed E-state index contributed by atoms with van der Waals surface area (Å²) < 4.78 is 66.2. The van der Waals surface area contributed by atoms with E-state index in [1.165, 1.54) is 60.7 Å². The fourth-order valence-electron chi connectivity index (χ4n) is 5.66. The van der Waals surface area contributed by atoms with E-state index in [0.717, 1.165) is 30.9 Å². The number of benzene rings is 3. The van der Waals surface area contributed by atoms with Crippen molar-refractivity contribution < 1.29 is 26.7 Å². The Morgan fingerprint density at radius 3 is 1.83 bits per heavy atom. The summed E-state index contributed by atoms with van der Waals surface area (Å²) in [5.74, 6) is -0.605. The number of nitrogens with zero attached hydrogens (tertiary/aromatic N) is 4. The largest absolute Gasteiger partial charge is 0.416 e. The van der Waals surface area contributed by atoms with Crippen LogP contribution in [0, 0.1) is 11.6 Å². The number of hydrogen-bond acceptors (Lipinski definition) is 4. The lowest BCUT2D eigenvalue weighted by molar-refractivity contribution is -0.137. The van der Waals surface area contributed by atoms with E-state index < -0.39 is 28.9 Å². The van der Waals surface area contributed by atoms with Crippen molar-refractivity contribution in [3.8, 4) is 0 Å². The number of aliphatic imine (C=N–C) groups is 1. The van der Waals surface area contributed by atoms with Gasteiger partial charge in [-0.1, -0.05) is 24.3 Å². The Morgan fingerprint density at radius 2 is 1.34 bits per heavy atom. The van der Waals surface area contributed by atoms with Crippen LogP contribution in [0.3, 0.4) is 0 Å². The molecule has 0 aromatic heterocycles. The Balaban J connectivity index is 1.24. The summed E-state index contributed by atoms with van der Waals surface area (Å²) in [6, 6.07) is 16.7. The van der Waals surface area contributed by atoms with Gasteiger partial charge in [-0.15, -0.1) is 0 Å². The Kier molecular flexibility index (Phi) is 7.87. The molecule has 2 aliphatic heterocycles. The Bertz CT molecular complexity index is 1350. The number of carbonyl (C=O) groups excluding carboxylic acids is 1. The number of amides is 1. The second kappa shape index (κ2) is 11.2. The smallest absolute Gasteiger partial charge is 0.369 e. The van der Waals surface area contributed by atoms with Crippen molar-refractivity contribution in [1.82, 2.24) is 9.80 Å². The van der Waals surface area contributed by atoms with Crippen LogP contribution in [0.1, 0.15) is 37.0 Å². The highest BCUT2D eigenvalue weighted by molar-refractivity contribution is 6.09. The zero-order chi connectivity index (χ0) is 29.4. The summed E-state index contributed by atoms with van der Waals surface area (Å²) >= 11 is 0. The predicted octanol–water partition coefficient (Wildman–Crippen LogP) is 6.09. The molecule has 41 heavy (non-hydrogen) atoms. The summed E-state index contributed by atoms with van der Waals surface area (Å²) in [5, 5.41) is 0. The minimum atomic E-state index is -4.36. The van der Waals surface area contributed by atoms with Crippen LogP contribution in [0.5, 0.6) is 0 Å². The van der Waals surface area contributed by atoms with Crippen molar-refractivity contribution in [1.29, 1.82) is 0 Å². The number of amidine groups is 1. The number of alkyl halides is 3. The molecule has 1 fully saturated rings. The van der Waals surface area contributed by atoms with Gasteiger partial charge in [-0.3, -0.25) is 14.6 Å². The predicted molar refractivity (Wildman–Crippen MR) is 148 cm³/mol. The SMILES string of the molecule is CC1=NC(c2ccc(F)cc2)(c2ccc(F)cc2)C(=O)N1CCC(C)N1CCN(c2ccc(C(F)(F)F)cc2)CC1. The van der Waals surface area contributed by atoms with Gasteiger partial charge in [-0.05, 0) is 79.9 Å². The maximum absolute atomic E-state index is 14.0. The first-order chi connectivity index (χ1) is 19.5. The zero-order valence-corrected chi connectivity index (χ0v) is 22.8. The monoisotopic (exact) mass is 570 g/mol. The van der Waals surface area contributed by atoms with E-state index in [2.05, 4.69) is 16.7 Å². The Morgan fingerprint density at radius 1 is 0.829 bits per heavy atom. The summed E-state index contributed by atoms with van der Waals surface area (Å²) in [5.41, 5.74) is -0.318. The molecule has 0 saturated carbocycles. The van der Waals surface area contributed by atoms with Gasteiger partial charge in [0.1, 0.15) is 17.5 Å². The molecule has 216 valence electrons. The lowest BCUT2D eigenvalue weighted by atomic mass is 9.82. The van der Waals surface area contributed by atoms with Crippen LogP contribution in [-0.4, -0.2) is 60.3 Å². The molecule has 0 N–H and O–H groups in total. The van der Waals surface area contributed by atoms with E-state index in [-0.39, 0.29) is 11.9 Å². The second-order valence-corrected chi connectivity index (χ2v) is 10.5. The number of anilines is 1. The number of piperazine rings is 1. The highest BCUT2D eigenvalue weighted by Crippen LogP contribution is 2.40. The van der Waals surface area contributed by atoms with Crippen LogP contribution in [0.15, 0.2) is 77.8 Å². The maximum Gasteiger partial charge on any atom is 0.416 e. The minimum absolute atomic E-state index is 0.136. The fourth-order valence-corrected chi connectivity index (χ4v) is 5.66. The molecule has 2 aliphatic rings. The van der Waals surface area contributed by atoms with Gasteiger partial charge in [0, 0.05) is 44.5 Å². The quantitative estimate of drug-likeness (QED) is 0.323. The van der Waals surface area contributed by atoms with Gasteiger partial charge < -0.3 is 4.90 Å². The third-order valence-corrected chi connectivity index (χ3v) is 8.07. The first-order valence-corrected chi connectivity index (χ1v) is 13.6. The first-order valence-electron chi connectivity index (χ1n) is 13.6. The Hall–Kier alpha value is -3.79. The first kappa shape index (κ1) is 28.7. The molecule has 1 amide bonds. The molecule has 3 aromatic rings. The standard InChI is InChI=1S/C31H31F5N4O/c1-21(38-17-19-39(20-18-38)28-13-7-25(8-14-28)31(34,35)36)15-16-40-22(2)37-30(29(40)41,23-3-9-26(32)10-4-23)24-5-11-27(33)12-6-24/h3-14,21H,15-20H2,1-2H3. The third kappa shape index (κ3) is 5.70. The average molecular weight is 571 g/mol. The minimum Gasteiger partial charge on any atom is -0.369 e. The number of carbonyl (C=O) groups is 1. The van der Waals surface area contributed by atoms with Crippen LogP contribution in [0.25, 0.3) is 0 Å². The lowest BCUT2D eigenvalue weighted by Crippen LogP contribution is -2.50. The molecule has 0 spiro atoms. The van der Waals surface area contributed by atoms with Gasteiger partial charge in [-0.25, -0.2) is 13.8 Å². The molecule has 2 heterocycles. The van der Waals surface area contributed by atoms with Gasteiger partial charge in [0.05, 0.1) is 5.56 Å². The van der Waals surface area contributed by atoms with Gasteiger partial charge in [0.15, 0.2) is 5.54 Å². The van der Waals surface area contributed by atoms with E-state index in [1.54, 1.807) is 11.8 Å². The molecule has 0 aliphatic carbocycles. The third-order valence-electron chi connectivity index (χ3n) is 8.07.